The zero-order chi connectivity index (χ0) is 33.7. The van der Waals surface area contributed by atoms with Gasteiger partial charge in [0.15, 0.2) is 5.96 Å². The van der Waals surface area contributed by atoms with Crippen molar-refractivity contribution in [3.63, 3.8) is 0 Å². The van der Waals surface area contributed by atoms with Crippen molar-refractivity contribution in [2.24, 2.45) is 44.7 Å². The van der Waals surface area contributed by atoms with Crippen LogP contribution >= 0.6 is 0 Å². The topological polar surface area (TPSA) is 293 Å². The van der Waals surface area contributed by atoms with E-state index < -0.39 is 56.7 Å². The summed E-state index contributed by atoms with van der Waals surface area (Å²) in [6.07, 6.45) is 5.96. The highest BCUT2D eigenvalue weighted by atomic mass is 32.2. The Morgan fingerprint density at radius 2 is 1.86 bits per heavy atom. The number of hydrogen-bond donors (Lipinski definition) is 7. The number of hydrogen-bond acceptors (Lipinski definition) is 12. The number of aliphatic imine (C=N–C) groups is 1. The second-order valence-electron chi connectivity index (χ2n) is 11.3. The molecule has 0 spiro atoms. The van der Waals surface area contributed by atoms with E-state index in [1.54, 1.807) is 31.6 Å². The minimum absolute atomic E-state index is 0.0129. The zero-order valence-electron chi connectivity index (χ0n) is 25.3. The first-order valence-electron chi connectivity index (χ1n) is 13.9. The maximum atomic E-state index is 12.5. The number of rotatable bonds is 13. The summed E-state index contributed by atoms with van der Waals surface area (Å²) in [4.78, 5) is 52.0. The van der Waals surface area contributed by atoms with Gasteiger partial charge in [0, 0.05) is 25.4 Å². The van der Waals surface area contributed by atoms with Gasteiger partial charge in [-0.15, -0.1) is 0 Å². The molecule has 16 nitrogen and oxygen atoms in total. The van der Waals surface area contributed by atoms with E-state index in [1.807, 2.05) is 13.8 Å². The molecule has 2 unspecified atom stereocenters. The highest BCUT2D eigenvalue weighted by Crippen LogP contribution is 2.64. The summed E-state index contributed by atoms with van der Waals surface area (Å²) in [6, 6.07) is 1.51. The van der Waals surface area contributed by atoms with Crippen molar-refractivity contribution in [3.05, 3.63) is 30.1 Å². The van der Waals surface area contributed by atoms with Crippen molar-refractivity contribution in [3.8, 4) is 0 Å². The predicted octanol–water partition coefficient (Wildman–Crippen LogP) is -1.04. The Kier molecular flexibility index (Phi) is 14.8. The first-order chi connectivity index (χ1) is 20.4. The van der Waals surface area contributed by atoms with Crippen LogP contribution in [0, 0.1) is 16.7 Å². The Morgan fingerprint density at radius 1 is 1.20 bits per heavy atom. The van der Waals surface area contributed by atoms with Gasteiger partial charge in [-0.1, -0.05) is 19.9 Å². The van der Waals surface area contributed by atoms with E-state index in [4.69, 9.17) is 37.3 Å². The highest BCUT2D eigenvalue weighted by Gasteiger charge is 2.65. The van der Waals surface area contributed by atoms with Crippen LogP contribution in [0.4, 0.5) is 0 Å². The molecule has 0 aromatic carbocycles. The quantitative estimate of drug-likeness (QED) is 0.0584. The van der Waals surface area contributed by atoms with Gasteiger partial charge in [-0.3, -0.25) is 24.4 Å². The van der Waals surface area contributed by atoms with E-state index in [0.29, 0.717) is 37.8 Å². The lowest BCUT2D eigenvalue weighted by atomic mass is 9.70. The number of nitrogens with zero attached hydrogens (tertiary/aromatic N) is 2. The normalized spacial score (nSPS) is 21.0. The maximum Gasteiger partial charge on any atom is 0.339 e. The Balaban J connectivity index is 0.000000447. The van der Waals surface area contributed by atoms with Crippen LogP contribution in [0.3, 0.4) is 0 Å². The first-order valence-corrected chi connectivity index (χ1v) is 15.5. The van der Waals surface area contributed by atoms with Crippen LogP contribution in [0.1, 0.15) is 51.5 Å². The Bertz CT molecular complexity index is 1270. The average molecular weight is 644 g/mol. The number of likely N-dealkylation sites (N-methyl/N-ethyl adjacent to an activating group) is 1. The van der Waals surface area contributed by atoms with Crippen molar-refractivity contribution >= 4 is 39.8 Å². The Labute approximate surface area is 257 Å². The molecule has 1 aromatic heterocycles. The van der Waals surface area contributed by atoms with Gasteiger partial charge in [0.05, 0.1) is 17.7 Å². The molecule has 4 atom stereocenters. The molecule has 11 N–H and O–H groups in total. The molecule has 0 saturated heterocycles. The van der Waals surface area contributed by atoms with Gasteiger partial charge >= 0.3 is 28.0 Å². The molecular formula is C27H45N7O9S. The number of pyridine rings is 1. The predicted molar refractivity (Wildman–Crippen MR) is 161 cm³/mol. The van der Waals surface area contributed by atoms with Crippen molar-refractivity contribution in [1.29, 1.82) is 0 Å². The van der Waals surface area contributed by atoms with Crippen LogP contribution in [0.2, 0.25) is 0 Å². The van der Waals surface area contributed by atoms with E-state index in [1.165, 1.54) is 0 Å². The number of aromatic nitrogens is 1. The fraction of sp³-hybridized carbons (Fsp3) is 0.630. The van der Waals surface area contributed by atoms with Gasteiger partial charge in [0.1, 0.15) is 17.9 Å². The summed E-state index contributed by atoms with van der Waals surface area (Å²) in [5.41, 5.74) is 20.4. The molecule has 0 radical (unpaired) electrons. The minimum Gasteiger partial charge on any atom is -0.480 e. The summed E-state index contributed by atoms with van der Waals surface area (Å²) in [5.74, 6) is -3.14. The number of carbonyl (C=O) groups is 4. The molecule has 0 amide bonds. The number of carboxylic acids is 2. The largest absolute Gasteiger partial charge is 0.480 e. The van der Waals surface area contributed by atoms with Crippen LogP contribution in [0.25, 0.3) is 0 Å². The van der Waals surface area contributed by atoms with Crippen LogP contribution in [-0.4, -0.2) is 91.2 Å². The van der Waals surface area contributed by atoms with Crippen molar-refractivity contribution in [2.45, 2.75) is 64.5 Å². The molecule has 17 heteroatoms. The monoisotopic (exact) mass is 643 g/mol. The van der Waals surface area contributed by atoms with Gasteiger partial charge < -0.3 is 42.6 Å². The van der Waals surface area contributed by atoms with E-state index in [-0.39, 0.29) is 30.6 Å². The summed E-state index contributed by atoms with van der Waals surface area (Å²) in [5, 5.41) is 18.7. The molecule has 2 fully saturated rings. The van der Waals surface area contributed by atoms with Crippen molar-refractivity contribution in [1.82, 2.24) is 10.3 Å². The number of carbonyl (C=O) groups excluding carboxylic acids is 2. The molecule has 0 aliphatic heterocycles. The van der Waals surface area contributed by atoms with Gasteiger partial charge in [0.2, 0.25) is 0 Å². The summed E-state index contributed by atoms with van der Waals surface area (Å²) in [6.45, 7) is 4.32. The Hall–Kier alpha value is -3.67. The molecule has 248 valence electrons. The number of nitrogens with two attached hydrogens (primary N) is 4. The molecule has 1 aromatic rings. The number of Topliss-reactive ketones (excluding diaryl/α,β-unsaturated/α-hetero) is 1. The molecule has 2 saturated carbocycles. The molecule has 44 heavy (non-hydrogen) atoms. The number of nitrogens with one attached hydrogen (secondary N) is 1. The maximum absolute atomic E-state index is 12.5. The lowest BCUT2D eigenvalue weighted by molar-refractivity contribution is -0.139. The molecule has 2 aliphatic carbocycles. The van der Waals surface area contributed by atoms with Crippen molar-refractivity contribution < 1.29 is 42.0 Å². The third-order valence-electron chi connectivity index (χ3n) is 7.87. The SMILES string of the molecule is CC1(C)C2CCC1(CS(=O)(=O)OC(=O)[C@@H](N)Cc1cccnc1)C(=O)C2.CNCC(=O)O.NC(N)=NCCC[C@H](N)C(=O)O. The van der Waals surface area contributed by atoms with Crippen LogP contribution in [0.15, 0.2) is 29.5 Å². The second kappa shape index (κ2) is 17.0. The fourth-order valence-electron chi connectivity index (χ4n) is 5.28. The fourth-order valence-corrected chi connectivity index (χ4v) is 6.99. The summed E-state index contributed by atoms with van der Waals surface area (Å²) >= 11 is 0. The van der Waals surface area contributed by atoms with Crippen LogP contribution < -0.4 is 28.3 Å². The Morgan fingerprint density at radius 3 is 2.30 bits per heavy atom. The zero-order valence-corrected chi connectivity index (χ0v) is 26.1. The van der Waals surface area contributed by atoms with E-state index in [9.17, 15) is 27.6 Å². The van der Waals surface area contributed by atoms with Gasteiger partial charge in [-0.05, 0) is 62.1 Å². The average Bonchev–Trinajstić information content (AvgIpc) is 3.26. The standard InChI is InChI=1S/C18H24N2O5S.C6H14N4O2.C3H7NO2/c1-17(2)13-5-6-18(17,15(21)9-13)11-26(23,24)25-16(22)14(19)8-12-4-3-7-20-10-12;7-4(5(11)12)2-1-3-10-6(8)9;1-4-2-3(5)6/h3-4,7,10,13-14H,5-6,8-9,11,19H2,1-2H3;4H,1-3,7H2,(H,11,12)(H4,8,9,10);4H,2H2,1H3,(H,5,6)/t13?,14-,18?;4-;/m00./s1. The smallest absolute Gasteiger partial charge is 0.339 e. The minimum atomic E-state index is -4.22. The first kappa shape index (κ1) is 38.4. The molecular weight excluding hydrogens is 598 g/mol. The number of ketones is 1. The lowest BCUT2D eigenvalue weighted by Crippen LogP contribution is -2.44. The number of aliphatic carboxylic acids is 2. The van der Waals surface area contributed by atoms with Crippen LogP contribution in [-0.2, 0) is 39.9 Å². The third kappa shape index (κ3) is 11.4. The second-order valence-corrected chi connectivity index (χ2v) is 12.8. The summed E-state index contributed by atoms with van der Waals surface area (Å²) < 4.78 is 29.8. The van der Waals surface area contributed by atoms with E-state index >= 15 is 0 Å². The molecule has 1 heterocycles. The van der Waals surface area contributed by atoms with Gasteiger partial charge in [-0.2, -0.15) is 8.42 Å². The molecule has 2 bridgehead atoms. The van der Waals surface area contributed by atoms with Crippen molar-refractivity contribution in [2.75, 3.05) is 25.9 Å². The molecule has 2 aliphatic rings. The third-order valence-corrected chi connectivity index (χ3v) is 9.13. The summed E-state index contributed by atoms with van der Waals surface area (Å²) in [7, 11) is -2.62. The lowest BCUT2D eigenvalue weighted by Gasteiger charge is -2.35. The number of fused-ring (bicyclic) bond motifs is 2. The number of carboxylic acid groups (broad SMARTS) is 2. The highest BCUT2D eigenvalue weighted by molar-refractivity contribution is 7.87. The number of guanidine groups is 1. The van der Waals surface area contributed by atoms with E-state index in [0.717, 1.165) is 6.42 Å². The van der Waals surface area contributed by atoms with Gasteiger partial charge in [0.25, 0.3) is 0 Å². The van der Waals surface area contributed by atoms with Crippen LogP contribution in [0.5, 0.6) is 0 Å². The van der Waals surface area contributed by atoms with E-state index in [2.05, 4.69) is 15.3 Å². The van der Waals surface area contributed by atoms with Gasteiger partial charge in [-0.25, -0.2) is 4.79 Å². The molecule has 3 rings (SSSR count).